The van der Waals surface area contributed by atoms with Crippen molar-refractivity contribution < 1.29 is 14.7 Å². The maximum Gasteiger partial charge on any atom is 0.119 e. The van der Waals surface area contributed by atoms with E-state index in [1.165, 1.54) is 5.56 Å². The molecule has 110 valence electrons. The molecule has 0 radical (unpaired) electrons. The number of methoxy groups -OCH3 is 1. The highest BCUT2D eigenvalue weighted by Gasteiger charge is 2.18. The van der Waals surface area contributed by atoms with Crippen LogP contribution in [0.3, 0.4) is 0 Å². The van der Waals surface area contributed by atoms with E-state index in [0.29, 0.717) is 6.61 Å². The van der Waals surface area contributed by atoms with Gasteiger partial charge in [0.1, 0.15) is 5.75 Å². The van der Waals surface area contributed by atoms with Crippen LogP contribution in [0.2, 0.25) is 0 Å². The largest absolute Gasteiger partial charge is 0.493 e. The van der Waals surface area contributed by atoms with Crippen LogP contribution in [0, 0.1) is 0 Å². The predicted molar refractivity (Wildman–Crippen MR) is 78.9 cm³/mol. The van der Waals surface area contributed by atoms with Gasteiger partial charge in [-0.05, 0) is 50.8 Å². The summed E-state index contributed by atoms with van der Waals surface area (Å²) in [4.78, 5) is 0. The highest BCUT2D eigenvalue weighted by molar-refractivity contribution is 6.02. The third kappa shape index (κ3) is 3.51. The molecule has 2 rings (SSSR count). The molecule has 0 saturated carbocycles. The van der Waals surface area contributed by atoms with Gasteiger partial charge in [-0.2, -0.15) is 0 Å². The summed E-state index contributed by atoms with van der Waals surface area (Å²) >= 11 is 0. The van der Waals surface area contributed by atoms with Crippen molar-refractivity contribution in [1.82, 2.24) is 0 Å². The molecule has 0 aliphatic heterocycles. The quantitative estimate of drug-likeness (QED) is 0.663. The Kier molecular flexibility index (Phi) is 4.65. The van der Waals surface area contributed by atoms with E-state index in [1.54, 1.807) is 7.11 Å². The lowest BCUT2D eigenvalue weighted by Gasteiger charge is -2.23. The second-order valence-corrected chi connectivity index (χ2v) is 5.78. The molecule has 0 saturated heterocycles. The van der Waals surface area contributed by atoms with Crippen molar-refractivity contribution >= 4 is 5.71 Å². The van der Waals surface area contributed by atoms with Gasteiger partial charge in [0.25, 0.3) is 0 Å². The van der Waals surface area contributed by atoms with Gasteiger partial charge in [0.15, 0.2) is 0 Å². The Balaban J connectivity index is 2.04. The maximum absolute atomic E-state index is 9.07. The zero-order chi connectivity index (χ0) is 14.6. The average molecular weight is 277 g/mol. The van der Waals surface area contributed by atoms with Crippen LogP contribution in [-0.2, 0) is 11.2 Å². The SMILES string of the molecule is COC(C)(C)CCOc1ccc2c(c1)/C(=N\O)CCC2. The molecule has 4 nitrogen and oxygen atoms in total. The first-order chi connectivity index (χ1) is 9.55. The minimum Gasteiger partial charge on any atom is -0.493 e. The maximum atomic E-state index is 9.07. The molecular weight excluding hydrogens is 254 g/mol. The number of oxime groups is 1. The van der Waals surface area contributed by atoms with Crippen molar-refractivity contribution in [2.75, 3.05) is 13.7 Å². The first kappa shape index (κ1) is 14.9. The van der Waals surface area contributed by atoms with Gasteiger partial charge < -0.3 is 14.7 Å². The second-order valence-electron chi connectivity index (χ2n) is 5.78. The van der Waals surface area contributed by atoms with Crippen LogP contribution in [0.15, 0.2) is 23.4 Å². The zero-order valence-electron chi connectivity index (χ0n) is 12.5. The third-order valence-corrected chi connectivity index (χ3v) is 3.90. The lowest BCUT2D eigenvalue weighted by molar-refractivity contribution is 0.00545. The van der Waals surface area contributed by atoms with Gasteiger partial charge in [0.05, 0.1) is 17.9 Å². The molecule has 1 aliphatic carbocycles. The Hall–Kier alpha value is -1.55. The average Bonchev–Trinajstić information content (AvgIpc) is 2.46. The predicted octanol–water partition coefficient (Wildman–Crippen LogP) is 3.40. The fraction of sp³-hybridized carbons (Fsp3) is 0.562. The number of nitrogens with zero attached hydrogens (tertiary/aromatic N) is 1. The lowest BCUT2D eigenvalue weighted by atomic mass is 9.90. The topological polar surface area (TPSA) is 51.0 Å². The first-order valence-corrected chi connectivity index (χ1v) is 7.08. The van der Waals surface area contributed by atoms with Crippen LogP contribution in [0.1, 0.15) is 44.2 Å². The molecule has 1 N–H and O–H groups in total. The van der Waals surface area contributed by atoms with E-state index >= 15 is 0 Å². The van der Waals surface area contributed by atoms with Crippen LogP contribution >= 0.6 is 0 Å². The van der Waals surface area contributed by atoms with Crippen LogP contribution in [0.25, 0.3) is 0 Å². The number of hydrogen-bond acceptors (Lipinski definition) is 4. The molecule has 20 heavy (non-hydrogen) atoms. The molecule has 0 atom stereocenters. The highest BCUT2D eigenvalue weighted by atomic mass is 16.5. The van der Waals surface area contributed by atoms with Crippen LogP contribution < -0.4 is 4.74 Å². The summed E-state index contributed by atoms with van der Waals surface area (Å²) in [7, 11) is 1.71. The Morgan fingerprint density at radius 2 is 2.10 bits per heavy atom. The molecular formula is C16H23NO3. The summed E-state index contributed by atoms with van der Waals surface area (Å²) in [6.07, 6.45) is 3.71. The smallest absolute Gasteiger partial charge is 0.119 e. The number of benzene rings is 1. The molecule has 1 aromatic carbocycles. The molecule has 1 aliphatic rings. The standard InChI is InChI=1S/C16H23NO3/c1-16(2,19-3)9-10-20-13-8-7-12-5-4-6-15(17-18)14(12)11-13/h7-8,11,18H,4-6,9-10H2,1-3H3/b17-15-. The molecule has 0 heterocycles. The lowest BCUT2D eigenvalue weighted by Crippen LogP contribution is -2.25. The molecule has 0 spiro atoms. The molecule has 0 unspecified atom stereocenters. The minimum absolute atomic E-state index is 0.175. The van der Waals surface area contributed by atoms with Gasteiger partial charge in [-0.1, -0.05) is 11.2 Å². The number of hydrogen-bond donors (Lipinski definition) is 1. The third-order valence-electron chi connectivity index (χ3n) is 3.90. The van der Waals surface area contributed by atoms with Crippen LogP contribution in [-0.4, -0.2) is 30.2 Å². The number of fused-ring (bicyclic) bond motifs is 1. The first-order valence-electron chi connectivity index (χ1n) is 7.08. The fourth-order valence-electron chi connectivity index (χ4n) is 2.33. The zero-order valence-corrected chi connectivity index (χ0v) is 12.5. The van der Waals surface area contributed by atoms with Crippen molar-refractivity contribution in [3.8, 4) is 5.75 Å². The van der Waals surface area contributed by atoms with Gasteiger partial charge in [0.2, 0.25) is 0 Å². The van der Waals surface area contributed by atoms with E-state index in [4.69, 9.17) is 14.7 Å². The van der Waals surface area contributed by atoms with Crippen molar-refractivity contribution in [1.29, 1.82) is 0 Å². The normalized spacial score (nSPS) is 17.1. The van der Waals surface area contributed by atoms with Crippen LogP contribution in [0.5, 0.6) is 5.75 Å². The number of rotatable bonds is 5. The van der Waals surface area contributed by atoms with Gasteiger partial charge in [-0.15, -0.1) is 0 Å². The van der Waals surface area contributed by atoms with Crippen molar-refractivity contribution in [3.63, 3.8) is 0 Å². The van der Waals surface area contributed by atoms with E-state index < -0.39 is 0 Å². The molecule has 0 bridgehead atoms. The van der Waals surface area contributed by atoms with Crippen molar-refractivity contribution in [2.45, 2.75) is 45.1 Å². The Morgan fingerprint density at radius 3 is 2.80 bits per heavy atom. The van der Waals surface area contributed by atoms with E-state index in [9.17, 15) is 0 Å². The Labute approximate surface area is 120 Å². The van der Waals surface area contributed by atoms with Gasteiger partial charge in [-0.3, -0.25) is 0 Å². The van der Waals surface area contributed by atoms with E-state index in [1.807, 2.05) is 26.0 Å². The fourth-order valence-corrected chi connectivity index (χ4v) is 2.33. The number of ether oxygens (including phenoxy) is 2. The molecule has 1 aromatic rings. The Bertz CT molecular complexity index is 494. The summed E-state index contributed by atoms with van der Waals surface area (Å²) in [6.45, 7) is 4.69. The van der Waals surface area contributed by atoms with Crippen molar-refractivity contribution in [2.24, 2.45) is 5.16 Å². The molecule has 0 aromatic heterocycles. The summed E-state index contributed by atoms with van der Waals surface area (Å²) in [5.41, 5.74) is 2.83. The molecule has 4 heteroatoms. The van der Waals surface area contributed by atoms with Gasteiger partial charge in [0, 0.05) is 19.1 Å². The summed E-state index contributed by atoms with van der Waals surface area (Å²) in [5, 5.41) is 12.5. The Morgan fingerprint density at radius 1 is 1.30 bits per heavy atom. The second kappa shape index (κ2) is 6.27. The molecule has 0 amide bonds. The van der Waals surface area contributed by atoms with Crippen LogP contribution in [0.4, 0.5) is 0 Å². The minimum atomic E-state index is -0.175. The highest BCUT2D eigenvalue weighted by Crippen LogP contribution is 2.26. The summed E-state index contributed by atoms with van der Waals surface area (Å²) < 4.78 is 11.2. The summed E-state index contributed by atoms with van der Waals surface area (Å²) in [6, 6.07) is 6.03. The van der Waals surface area contributed by atoms with E-state index in [0.717, 1.165) is 42.7 Å². The molecule has 0 fully saturated rings. The number of aryl methyl sites for hydroxylation is 1. The van der Waals surface area contributed by atoms with E-state index in [2.05, 4.69) is 11.2 Å². The van der Waals surface area contributed by atoms with Gasteiger partial charge in [-0.25, -0.2) is 0 Å². The summed E-state index contributed by atoms with van der Waals surface area (Å²) in [5.74, 6) is 0.818. The van der Waals surface area contributed by atoms with E-state index in [-0.39, 0.29) is 5.60 Å². The van der Waals surface area contributed by atoms with Crippen molar-refractivity contribution in [3.05, 3.63) is 29.3 Å². The van der Waals surface area contributed by atoms with Gasteiger partial charge >= 0.3 is 0 Å². The monoisotopic (exact) mass is 277 g/mol.